The summed E-state index contributed by atoms with van der Waals surface area (Å²) in [5, 5.41) is -0.559. The summed E-state index contributed by atoms with van der Waals surface area (Å²) in [4.78, 5) is 13.5. The van der Waals surface area contributed by atoms with Gasteiger partial charge in [-0.15, -0.1) is 0 Å². The van der Waals surface area contributed by atoms with Crippen LogP contribution >= 0.6 is 0 Å². The monoisotopic (exact) mass is 357 g/mol. The Hall–Kier alpha value is -1.63. The van der Waals surface area contributed by atoms with Crippen LogP contribution in [0.2, 0.25) is 0 Å². The van der Waals surface area contributed by atoms with E-state index in [1.54, 1.807) is 26.8 Å². The van der Waals surface area contributed by atoms with E-state index in [1.165, 1.54) is 23.1 Å². The first kappa shape index (κ1) is 18.7. The third kappa shape index (κ3) is 4.93. The second kappa shape index (κ2) is 7.09. The predicted octanol–water partition coefficient (Wildman–Crippen LogP) is 3.14. The molecule has 0 saturated carbocycles. The Morgan fingerprint density at radius 2 is 1.83 bits per heavy atom. The number of carbonyl (C=O) groups excluding carboxylic acids is 1. The highest BCUT2D eigenvalue weighted by molar-refractivity contribution is 7.91. The van der Waals surface area contributed by atoms with Crippen LogP contribution in [0.1, 0.15) is 39.2 Å². The van der Waals surface area contributed by atoms with Crippen molar-refractivity contribution in [3.05, 3.63) is 35.6 Å². The molecule has 0 N–H and O–H groups in total. The molecule has 0 bridgehead atoms. The zero-order chi connectivity index (χ0) is 18.0. The molecule has 0 spiro atoms. The number of sulfone groups is 1. The lowest BCUT2D eigenvalue weighted by molar-refractivity contribution is 0.0217. The molecule has 1 aliphatic rings. The molecule has 1 heterocycles. The first-order chi connectivity index (χ1) is 11.1. The average Bonchev–Trinajstić information content (AvgIpc) is 2.48. The summed E-state index contributed by atoms with van der Waals surface area (Å²) in [6.07, 6.45) is 0.263. The number of hydrogen-bond acceptors (Lipinski definition) is 4. The van der Waals surface area contributed by atoms with E-state index in [0.717, 1.165) is 0 Å². The lowest BCUT2D eigenvalue weighted by atomic mass is 10.1. The number of hydrogen-bond donors (Lipinski definition) is 0. The Balaban J connectivity index is 1.96. The van der Waals surface area contributed by atoms with E-state index in [1.807, 2.05) is 0 Å². The summed E-state index contributed by atoms with van der Waals surface area (Å²) >= 11 is 0. The van der Waals surface area contributed by atoms with Crippen LogP contribution in [-0.4, -0.2) is 43.4 Å². The van der Waals surface area contributed by atoms with Crippen molar-refractivity contribution in [2.45, 2.75) is 50.2 Å². The maximum absolute atomic E-state index is 13.7. The van der Waals surface area contributed by atoms with Gasteiger partial charge in [-0.2, -0.15) is 0 Å². The molecule has 1 saturated heterocycles. The molecule has 5 nitrogen and oxygen atoms in total. The number of ether oxygens (including phenoxy) is 1. The van der Waals surface area contributed by atoms with Crippen molar-refractivity contribution < 1.29 is 22.3 Å². The van der Waals surface area contributed by atoms with Crippen molar-refractivity contribution in [3.63, 3.8) is 0 Å². The first-order valence-corrected chi connectivity index (χ1v) is 9.73. The largest absolute Gasteiger partial charge is 0.444 e. The second-order valence-electron chi connectivity index (χ2n) is 7.07. The molecule has 7 heteroatoms. The van der Waals surface area contributed by atoms with Crippen LogP contribution in [0.15, 0.2) is 24.3 Å². The van der Waals surface area contributed by atoms with Gasteiger partial charge in [0.2, 0.25) is 0 Å². The van der Waals surface area contributed by atoms with E-state index in [-0.39, 0.29) is 11.3 Å². The van der Waals surface area contributed by atoms with Crippen LogP contribution in [0.3, 0.4) is 0 Å². The van der Waals surface area contributed by atoms with Gasteiger partial charge in [-0.25, -0.2) is 17.6 Å². The van der Waals surface area contributed by atoms with E-state index in [2.05, 4.69) is 0 Å². The van der Waals surface area contributed by atoms with Gasteiger partial charge in [-0.3, -0.25) is 0 Å². The number of likely N-dealkylation sites (tertiary alicyclic amines) is 1. The molecule has 0 atom stereocenters. The van der Waals surface area contributed by atoms with E-state index in [4.69, 9.17) is 4.74 Å². The molecule has 24 heavy (non-hydrogen) atoms. The molecule has 1 aromatic rings. The van der Waals surface area contributed by atoms with Crippen molar-refractivity contribution in [2.75, 3.05) is 13.1 Å². The first-order valence-electron chi connectivity index (χ1n) is 8.01. The van der Waals surface area contributed by atoms with E-state index in [0.29, 0.717) is 25.9 Å². The van der Waals surface area contributed by atoms with Crippen LogP contribution in [0, 0.1) is 5.82 Å². The fourth-order valence-corrected chi connectivity index (χ4v) is 4.51. The lowest BCUT2D eigenvalue weighted by Crippen LogP contribution is -2.44. The third-order valence-electron chi connectivity index (χ3n) is 3.92. The highest BCUT2D eigenvalue weighted by atomic mass is 32.2. The van der Waals surface area contributed by atoms with Crippen molar-refractivity contribution >= 4 is 15.9 Å². The third-order valence-corrected chi connectivity index (χ3v) is 6.12. The van der Waals surface area contributed by atoms with Crippen molar-refractivity contribution in [2.24, 2.45) is 0 Å². The number of nitrogens with zero attached hydrogens (tertiary/aromatic N) is 1. The topological polar surface area (TPSA) is 63.7 Å². The van der Waals surface area contributed by atoms with Crippen LogP contribution < -0.4 is 0 Å². The second-order valence-corrected chi connectivity index (χ2v) is 9.35. The van der Waals surface area contributed by atoms with Crippen molar-refractivity contribution in [1.82, 2.24) is 4.90 Å². The summed E-state index contributed by atoms with van der Waals surface area (Å²) in [5.41, 5.74) is -0.391. The predicted molar refractivity (Wildman–Crippen MR) is 89.9 cm³/mol. The van der Waals surface area contributed by atoms with E-state index < -0.39 is 32.6 Å². The highest BCUT2D eigenvalue weighted by Crippen LogP contribution is 2.23. The Morgan fingerprint density at radius 3 is 2.38 bits per heavy atom. The molecular formula is C17H24FNO4S. The zero-order valence-corrected chi connectivity index (χ0v) is 15.1. The molecular weight excluding hydrogens is 333 g/mol. The molecule has 0 aliphatic carbocycles. The summed E-state index contributed by atoms with van der Waals surface area (Å²) in [7, 11) is -3.46. The maximum atomic E-state index is 13.7. The Morgan fingerprint density at radius 1 is 1.25 bits per heavy atom. The maximum Gasteiger partial charge on any atom is 0.410 e. The highest BCUT2D eigenvalue weighted by Gasteiger charge is 2.33. The Kier molecular flexibility index (Phi) is 5.52. The van der Waals surface area contributed by atoms with Gasteiger partial charge >= 0.3 is 6.09 Å². The molecule has 134 valence electrons. The number of rotatable bonds is 3. The van der Waals surface area contributed by atoms with Crippen LogP contribution in [0.4, 0.5) is 9.18 Å². The van der Waals surface area contributed by atoms with Gasteiger partial charge in [-0.05, 0) is 39.7 Å². The standard InChI is InChI=1S/C17H24FNO4S/c1-17(2,3)23-16(20)19-10-8-14(9-11-19)24(21,22)12-13-6-4-5-7-15(13)18/h4-7,14H,8-12H2,1-3H3. The van der Waals surface area contributed by atoms with Crippen LogP contribution in [0.5, 0.6) is 0 Å². The van der Waals surface area contributed by atoms with Gasteiger partial charge in [0.05, 0.1) is 11.0 Å². The minimum atomic E-state index is -3.46. The minimum Gasteiger partial charge on any atom is -0.444 e. The SMILES string of the molecule is CC(C)(C)OC(=O)N1CCC(S(=O)(=O)Cc2ccccc2F)CC1. The fraction of sp³-hybridized carbons (Fsp3) is 0.588. The van der Waals surface area contributed by atoms with Gasteiger partial charge < -0.3 is 9.64 Å². The number of benzene rings is 1. The van der Waals surface area contributed by atoms with Gasteiger partial charge in [0.1, 0.15) is 11.4 Å². The molecule has 0 aromatic heterocycles. The van der Waals surface area contributed by atoms with Crippen LogP contribution in [0.25, 0.3) is 0 Å². The average molecular weight is 357 g/mol. The smallest absolute Gasteiger partial charge is 0.410 e. The number of carbonyl (C=O) groups is 1. The fourth-order valence-electron chi connectivity index (χ4n) is 2.67. The molecule has 1 aliphatic heterocycles. The molecule has 0 radical (unpaired) electrons. The van der Waals surface area contributed by atoms with Crippen molar-refractivity contribution in [3.8, 4) is 0 Å². The van der Waals surface area contributed by atoms with Crippen LogP contribution in [-0.2, 0) is 20.3 Å². The Labute approximate surface area is 142 Å². The molecule has 0 unspecified atom stereocenters. The number of amides is 1. The number of halogens is 1. The minimum absolute atomic E-state index is 0.187. The molecule has 1 aromatic carbocycles. The Bertz CT molecular complexity index is 689. The summed E-state index contributed by atoms with van der Waals surface area (Å²) < 4.78 is 44.0. The number of piperidine rings is 1. The quantitative estimate of drug-likeness (QED) is 0.834. The summed E-state index contributed by atoms with van der Waals surface area (Å²) in [6, 6.07) is 5.91. The van der Waals surface area contributed by atoms with E-state index >= 15 is 0 Å². The summed E-state index contributed by atoms with van der Waals surface area (Å²) in [5.74, 6) is -0.816. The molecule has 2 rings (SSSR count). The molecule has 1 fully saturated rings. The summed E-state index contributed by atoms with van der Waals surface area (Å²) in [6.45, 7) is 6.02. The van der Waals surface area contributed by atoms with E-state index in [9.17, 15) is 17.6 Å². The van der Waals surface area contributed by atoms with Gasteiger partial charge in [0, 0.05) is 18.7 Å². The van der Waals surface area contributed by atoms with Gasteiger partial charge in [0.25, 0.3) is 0 Å². The zero-order valence-electron chi connectivity index (χ0n) is 14.3. The van der Waals surface area contributed by atoms with Gasteiger partial charge in [0.15, 0.2) is 9.84 Å². The van der Waals surface area contributed by atoms with Gasteiger partial charge in [-0.1, -0.05) is 18.2 Å². The normalized spacial score (nSPS) is 16.9. The molecule has 1 amide bonds. The van der Waals surface area contributed by atoms with Crippen molar-refractivity contribution in [1.29, 1.82) is 0 Å². The lowest BCUT2D eigenvalue weighted by Gasteiger charge is -2.33.